The fraction of sp³-hybridized carbons (Fsp3) is 0.500. The molecule has 118 valence electrons. The Balaban J connectivity index is 3.12. The summed E-state index contributed by atoms with van der Waals surface area (Å²) >= 11 is 3.26. The van der Waals surface area contributed by atoms with E-state index in [0.717, 1.165) is 6.42 Å². The Bertz CT molecular complexity index is 644. The zero-order valence-corrected chi connectivity index (χ0v) is 15.6. The molecule has 21 heavy (non-hydrogen) atoms. The van der Waals surface area contributed by atoms with E-state index in [2.05, 4.69) is 35.1 Å². The SMILES string of the molecule is Cc1c(Br)cc(S(=O)(=O)Cl)cc1C(=O)NC(C)CC(C)C. The van der Waals surface area contributed by atoms with Gasteiger partial charge in [-0.3, -0.25) is 4.79 Å². The van der Waals surface area contributed by atoms with Crippen molar-refractivity contribution in [1.29, 1.82) is 0 Å². The normalized spacial score (nSPS) is 13.3. The number of hydrogen-bond donors (Lipinski definition) is 1. The number of halogens is 2. The number of carbonyl (C=O) groups is 1. The zero-order valence-electron chi connectivity index (χ0n) is 12.4. The molecule has 0 aliphatic carbocycles. The molecule has 0 saturated carbocycles. The molecule has 0 aromatic heterocycles. The smallest absolute Gasteiger partial charge is 0.261 e. The number of benzene rings is 1. The molecule has 1 N–H and O–H groups in total. The minimum atomic E-state index is -3.88. The molecule has 7 heteroatoms. The highest BCUT2D eigenvalue weighted by molar-refractivity contribution is 9.10. The van der Waals surface area contributed by atoms with E-state index in [4.69, 9.17) is 10.7 Å². The standard InChI is InChI=1S/C14H19BrClNO3S/c1-8(2)5-9(3)17-14(18)12-6-11(21(16,19)20)7-13(15)10(12)4/h6-9H,5H2,1-4H3,(H,17,18). The molecule has 1 aromatic carbocycles. The van der Waals surface area contributed by atoms with E-state index in [1.807, 2.05) is 6.92 Å². The summed E-state index contributed by atoms with van der Waals surface area (Å²) in [6.07, 6.45) is 0.847. The number of carbonyl (C=O) groups excluding carboxylic acids is 1. The second kappa shape index (κ2) is 7.11. The van der Waals surface area contributed by atoms with Crippen LogP contribution in [0, 0.1) is 12.8 Å². The highest BCUT2D eigenvalue weighted by Crippen LogP contribution is 2.27. The molecule has 0 aliphatic rings. The molecule has 1 aromatic rings. The number of nitrogens with one attached hydrogen (secondary N) is 1. The molecule has 1 atom stereocenters. The number of hydrogen-bond acceptors (Lipinski definition) is 3. The molecular weight excluding hydrogens is 378 g/mol. The zero-order chi connectivity index (χ0) is 16.4. The van der Waals surface area contributed by atoms with E-state index < -0.39 is 9.05 Å². The quantitative estimate of drug-likeness (QED) is 0.769. The predicted molar refractivity (Wildman–Crippen MR) is 88.3 cm³/mol. The van der Waals surface area contributed by atoms with Crippen LogP contribution in [-0.4, -0.2) is 20.4 Å². The summed E-state index contributed by atoms with van der Waals surface area (Å²) in [5.74, 6) is 0.159. The molecule has 0 radical (unpaired) electrons. The van der Waals surface area contributed by atoms with E-state index in [-0.39, 0.29) is 16.8 Å². The van der Waals surface area contributed by atoms with Gasteiger partial charge in [0.05, 0.1) is 4.90 Å². The fourth-order valence-electron chi connectivity index (χ4n) is 2.10. The van der Waals surface area contributed by atoms with Crippen LogP contribution in [0.15, 0.2) is 21.5 Å². The maximum atomic E-state index is 12.3. The lowest BCUT2D eigenvalue weighted by atomic mass is 10.0. The molecule has 4 nitrogen and oxygen atoms in total. The van der Waals surface area contributed by atoms with Crippen molar-refractivity contribution in [3.63, 3.8) is 0 Å². The van der Waals surface area contributed by atoms with Gasteiger partial charge in [-0.15, -0.1) is 0 Å². The summed E-state index contributed by atoms with van der Waals surface area (Å²) < 4.78 is 23.4. The van der Waals surface area contributed by atoms with Crippen LogP contribution in [-0.2, 0) is 9.05 Å². The third-order valence-corrected chi connectivity index (χ3v) is 5.20. The van der Waals surface area contributed by atoms with Gasteiger partial charge in [0.1, 0.15) is 0 Å². The van der Waals surface area contributed by atoms with E-state index in [9.17, 15) is 13.2 Å². The number of rotatable bonds is 5. The highest BCUT2D eigenvalue weighted by atomic mass is 79.9. The first kappa shape index (κ1) is 18.5. The van der Waals surface area contributed by atoms with Crippen molar-refractivity contribution in [1.82, 2.24) is 5.32 Å². The van der Waals surface area contributed by atoms with Crippen LogP contribution < -0.4 is 5.32 Å². The maximum Gasteiger partial charge on any atom is 0.261 e. The molecule has 0 aliphatic heterocycles. The second-order valence-corrected chi connectivity index (χ2v) is 8.94. The molecule has 1 rings (SSSR count). The predicted octanol–water partition coefficient (Wildman–Crippen LogP) is 3.85. The fourth-order valence-corrected chi connectivity index (χ4v) is 3.49. The lowest BCUT2D eigenvalue weighted by molar-refractivity contribution is 0.0935. The summed E-state index contributed by atoms with van der Waals surface area (Å²) in [6, 6.07) is 2.71. The first-order valence-electron chi connectivity index (χ1n) is 6.58. The molecular formula is C14H19BrClNO3S. The van der Waals surface area contributed by atoms with E-state index in [0.29, 0.717) is 21.5 Å². The molecule has 1 unspecified atom stereocenters. The van der Waals surface area contributed by atoms with Gasteiger partial charge < -0.3 is 5.32 Å². The average molecular weight is 397 g/mol. The topological polar surface area (TPSA) is 63.2 Å². The van der Waals surface area contributed by atoms with Gasteiger partial charge in [0, 0.05) is 26.8 Å². The van der Waals surface area contributed by atoms with Gasteiger partial charge in [-0.1, -0.05) is 29.8 Å². The third kappa shape index (κ3) is 5.27. The van der Waals surface area contributed by atoms with Crippen molar-refractivity contribution in [2.24, 2.45) is 5.92 Å². The molecule has 0 heterocycles. The van der Waals surface area contributed by atoms with Crippen LogP contribution in [0.3, 0.4) is 0 Å². The van der Waals surface area contributed by atoms with Gasteiger partial charge in [-0.25, -0.2) is 8.42 Å². The Morgan fingerprint density at radius 2 is 1.90 bits per heavy atom. The van der Waals surface area contributed by atoms with Gasteiger partial charge in [0.15, 0.2) is 0 Å². The molecule has 0 spiro atoms. The van der Waals surface area contributed by atoms with Gasteiger partial charge in [0.2, 0.25) is 0 Å². The van der Waals surface area contributed by atoms with Crippen molar-refractivity contribution < 1.29 is 13.2 Å². The largest absolute Gasteiger partial charge is 0.350 e. The van der Waals surface area contributed by atoms with E-state index in [1.54, 1.807) is 6.92 Å². The van der Waals surface area contributed by atoms with Crippen LogP contribution in [0.1, 0.15) is 43.1 Å². The molecule has 0 fully saturated rings. The molecule has 0 bridgehead atoms. The van der Waals surface area contributed by atoms with Crippen molar-refractivity contribution in [2.45, 2.75) is 45.1 Å². The molecule has 0 saturated heterocycles. The maximum absolute atomic E-state index is 12.3. The Morgan fingerprint density at radius 1 is 1.33 bits per heavy atom. The minimum Gasteiger partial charge on any atom is -0.350 e. The van der Waals surface area contributed by atoms with Crippen molar-refractivity contribution in [3.05, 3.63) is 27.7 Å². The van der Waals surface area contributed by atoms with Crippen LogP contribution in [0.5, 0.6) is 0 Å². The minimum absolute atomic E-state index is 0.00643. The van der Waals surface area contributed by atoms with E-state index >= 15 is 0 Å². The summed E-state index contributed by atoms with van der Waals surface area (Å²) in [5, 5.41) is 2.88. The Kier molecular flexibility index (Phi) is 6.25. The average Bonchev–Trinajstić information content (AvgIpc) is 2.29. The monoisotopic (exact) mass is 395 g/mol. The van der Waals surface area contributed by atoms with Gasteiger partial charge in [0.25, 0.3) is 15.0 Å². The summed E-state index contributed by atoms with van der Waals surface area (Å²) in [7, 11) is 1.47. The van der Waals surface area contributed by atoms with Gasteiger partial charge in [-0.2, -0.15) is 0 Å². The van der Waals surface area contributed by atoms with Gasteiger partial charge in [-0.05, 0) is 43.9 Å². The summed E-state index contributed by atoms with van der Waals surface area (Å²) in [4.78, 5) is 12.2. The first-order valence-corrected chi connectivity index (χ1v) is 9.68. The Morgan fingerprint density at radius 3 is 2.38 bits per heavy atom. The van der Waals surface area contributed by atoms with Crippen molar-refractivity contribution in [3.8, 4) is 0 Å². The number of amides is 1. The summed E-state index contributed by atoms with van der Waals surface area (Å²) in [6.45, 7) is 7.82. The van der Waals surface area contributed by atoms with Crippen molar-refractivity contribution in [2.75, 3.05) is 0 Å². The second-order valence-electron chi connectivity index (χ2n) is 5.52. The van der Waals surface area contributed by atoms with Crippen LogP contribution in [0.25, 0.3) is 0 Å². The third-order valence-electron chi connectivity index (χ3n) is 3.05. The lowest BCUT2D eigenvalue weighted by Crippen LogP contribution is -2.34. The lowest BCUT2D eigenvalue weighted by Gasteiger charge is -2.17. The Hall–Kier alpha value is -0.590. The summed E-state index contributed by atoms with van der Waals surface area (Å²) in [5.41, 5.74) is 0.979. The van der Waals surface area contributed by atoms with Gasteiger partial charge >= 0.3 is 0 Å². The van der Waals surface area contributed by atoms with E-state index in [1.165, 1.54) is 12.1 Å². The first-order chi connectivity index (χ1) is 9.52. The van der Waals surface area contributed by atoms with Crippen LogP contribution in [0.2, 0.25) is 0 Å². The van der Waals surface area contributed by atoms with Crippen LogP contribution >= 0.6 is 26.6 Å². The highest BCUT2D eigenvalue weighted by Gasteiger charge is 2.19. The molecule has 1 amide bonds. The van der Waals surface area contributed by atoms with Crippen molar-refractivity contribution >= 4 is 41.6 Å². The Labute approximate surface area is 138 Å². The van der Waals surface area contributed by atoms with Crippen LogP contribution in [0.4, 0.5) is 0 Å².